The van der Waals surface area contributed by atoms with Gasteiger partial charge in [0.1, 0.15) is 5.69 Å². The number of nitrogens with zero attached hydrogens (tertiary/aromatic N) is 2. The van der Waals surface area contributed by atoms with Gasteiger partial charge >= 0.3 is 0 Å². The standard InChI is InChI=1S/C17H14N4O2/c1-10-2-3-11-8-12(4-6-14(11)20-10)17(23)21-13-5-7-15(16(18)22)19-9-13/h2-9H,1H3,(H2,18,22)(H,21,23). The molecule has 1 aromatic carbocycles. The fourth-order valence-electron chi connectivity index (χ4n) is 2.19. The average molecular weight is 306 g/mol. The average Bonchev–Trinajstić information content (AvgIpc) is 2.54. The molecule has 2 aromatic heterocycles. The molecule has 6 nitrogen and oxygen atoms in total. The highest BCUT2D eigenvalue weighted by molar-refractivity contribution is 6.06. The smallest absolute Gasteiger partial charge is 0.267 e. The lowest BCUT2D eigenvalue weighted by Gasteiger charge is -2.06. The highest BCUT2D eigenvalue weighted by Crippen LogP contribution is 2.16. The maximum absolute atomic E-state index is 12.3. The van der Waals surface area contributed by atoms with E-state index in [1.165, 1.54) is 12.3 Å². The number of aromatic nitrogens is 2. The minimum atomic E-state index is -0.611. The number of benzene rings is 1. The molecule has 0 spiro atoms. The molecular formula is C17H14N4O2. The summed E-state index contributed by atoms with van der Waals surface area (Å²) in [4.78, 5) is 31.5. The Balaban J connectivity index is 1.82. The summed E-state index contributed by atoms with van der Waals surface area (Å²) in [5.41, 5.74) is 8.05. The Bertz CT molecular complexity index is 904. The number of rotatable bonds is 3. The largest absolute Gasteiger partial charge is 0.364 e. The van der Waals surface area contributed by atoms with Crippen molar-refractivity contribution in [3.8, 4) is 0 Å². The van der Waals surface area contributed by atoms with E-state index in [1.54, 1.807) is 18.2 Å². The van der Waals surface area contributed by atoms with Crippen LogP contribution >= 0.6 is 0 Å². The van der Waals surface area contributed by atoms with Crippen molar-refractivity contribution in [1.29, 1.82) is 0 Å². The molecule has 3 rings (SSSR count). The molecule has 3 N–H and O–H groups in total. The zero-order valence-corrected chi connectivity index (χ0v) is 12.4. The summed E-state index contributed by atoms with van der Waals surface area (Å²) in [7, 11) is 0. The molecule has 0 radical (unpaired) electrons. The van der Waals surface area contributed by atoms with Crippen molar-refractivity contribution in [3.05, 3.63) is 65.6 Å². The van der Waals surface area contributed by atoms with Gasteiger partial charge in [0.2, 0.25) is 0 Å². The van der Waals surface area contributed by atoms with Crippen LogP contribution in [-0.2, 0) is 0 Å². The second-order valence-electron chi connectivity index (χ2n) is 5.11. The Morgan fingerprint density at radius 2 is 1.91 bits per heavy atom. The Labute approximate surface area is 132 Å². The van der Waals surface area contributed by atoms with E-state index in [-0.39, 0.29) is 11.6 Å². The van der Waals surface area contributed by atoms with Crippen LogP contribution in [0.4, 0.5) is 5.69 Å². The fourth-order valence-corrected chi connectivity index (χ4v) is 2.19. The van der Waals surface area contributed by atoms with Gasteiger partial charge in [-0.1, -0.05) is 6.07 Å². The van der Waals surface area contributed by atoms with E-state index in [9.17, 15) is 9.59 Å². The van der Waals surface area contributed by atoms with Gasteiger partial charge in [-0.05, 0) is 43.3 Å². The normalized spacial score (nSPS) is 10.5. The maximum Gasteiger partial charge on any atom is 0.267 e. The summed E-state index contributed by atoms with van der Waals surface area (Å²) < 4.78 is 0. The molecule has 0 atom stereocenters. The number of nitrogens with one attached hydrogen (secondary N) is 1. The van der Waals surface area contributed by atoms with Crippen LogP contribution in [0, 0.1) is 6.92 Å². The molecule has 114 valence electrons. The van der Waals surface area contributed by atoms with Crippen molar-refractivity contribution in [2.75, 3.05) is 5.32 Å². The summed E-state index contributed by atoms with van der Waals surface area (Å²) in [6, 6.07) is 12.2. The first-order valence-electron chi connectivity index (χ1n) is 6.97. The van der Waals surface area contributed by atoms with E-state index >= 15 is 0 Å². The SMILES string of the molecule is Cc1ccc2cc(C(=O)Nc3ccc(C(N)=O)nc3)ccc2n1. The first-order valence-corrected chi connectivity index (χ1v) is 6.97. The van der Waals surface area contributed by atoms with Gasteiger partial charge in [-0.2, -0.15) is 0 Å². The number of pyridine rings is 2. The van der Waals surface area contributed by atoms with Crippen molar-refractivity contribution in [2.24, 2.45) is 5.73 Å². The molecule has 0 aliphatic rings. The summed E-state index contributed by atoms with van der Waals surface area (Å²) in [6.45, 7) is 1.92. The van der Waals surface area contributed by atoms with Gasteiger partial charge in [0, 0.05) is 16.6 Å². The zero-order valence-electron chi connectivity index (χ0n) is 12.4. The van der Waals surface area contributed by atoms with Crippen molar-refractivity contribution >= 4 is 28.4 Å². The van der Waals surface area contributed by atoms with Gasteiger partial charge in [-0.15, -0.1) is 0 Å². The van der Waals surface area contributed by atoms with E-state index in [0.717, 1.165) is 16.6 Å². The molecular weight excluding hydrogens is 292 g/mol. The molecule has 0 bridgehead atoms. The molecule has 0 aliphatic carbocycles. The van der Waals surface area contributed by atoms with Gasteiger partial charge < -0.3 is 11.1 Å². The number of fused-ring (bicyclic) bond motifs is 1. The van der Waals surface area contributed by atoms with E-state index in [4.69, 9.17) is 5.73 Å². The molecule has 0 saturated carbocycles. The molecule has 0 saturated heterocycles. The lowest BCUT2D eigenvalue weighted by Crippen LogP contribution is -2.15. The number of anilines is 1. The molecule has 6 heteroatoms. The van der Waals surface area contributed by atoms with Crippen LogP contribution < -0.4 is 11.1 Å². The summed E-state index contributed by atoms with van der Waals surface area (Å²) in [5, 5.41) is 3.62. The lowest BCUT2D eigenvalue weighted by atomic mass is 10.1. The van der Waals surface area contributed by atoms with Gasteiger partial charge in [0.05, 0.1) is 17.4 Å². The number of primary amides is 1. The molecule has 3 aromatic rings. The van der Waals surface area contributed by atoms with E-state index < -0.39 is 5.91 Å². The molecule has 0 unspecified atom stereocenters. The fraction of sp³-hybridized carbons (Fsp3) is 0.0588. The highest BCUT2D eigenvalue weighted by atomic mass is 16.2. The number of carbonyl (C=O) groups is 2. The topological polar surface area (TPSA) is 98.0 Å². The number of hydrogen-bond donors (Lipinski definition) is 2. The summed E-state index contributed by atoms with van der Waals surface area (Å²) in [5.74, 6) is -0.874. The van der Waals surface area contributed by atoms with Gasteiger partial charge in [-0.3, -0.25) is 14.6 Å². The predicted octanol–water partition coefficient (Wildman–Crippen LogP) is 2.29. The van der Waals surface area contributed by atoms with Crippen molar-refractivity contribution in [2.45, 2.75) is 6.92 Å². The number of carbonyl (C=O) groups excluding carboxylic acids is 2. The Morgan fingerprint density at radius 1 is 1.09 bits per heavy atom. The Morgan fingerprint density at radius 3 is 2.61 bits per heavy atom. The number of hydrogen-bond acceptors (Lipinski definition) is 4. The molecule has 2 amide bonds. The number of nitrogens with two attached hydrogens (primary N) is 1. The number of aryl methyl sites for hydroxylation is 1. The van der Waals surface area contributed by atoms with E-state index in [0.29, 0.717) is 11.3 Å². The van der Waals surface area contributed by atoms with Crippen LogP contribution in [0.1, 0.15) is 26.5 Å². The van der Waals surface area contributed by atoms with Crippen molar-refractivity contribution in [1.82, 2.24) is 9.97 Å². The third-order valence-electron chi connectivity index (χ3n) is 3.36. The van der Waals surface area contributed by atoms with Crippen LogP contribution in [0.15, 0.2) is 48.7 Å². The van der Waals surface area contributed by atoms with Crippen LogP contribution in [0.5, 0.6) is 0 Å². The van der Waals surface area contributed by atoms with Gasteiger partial charge in [0.15, 0.2) is 0 Å². The molecule has 0 aliphatic heterocycles. The van der Waals surface area contributed by atoms with Crippen LogP contribution in [-0.4, -0.2) is 21.8 Å². The van der Waals surface area contributed by atoms with E-state index in [2.05, 4.69) is 15.3 Å². The molecule has 0 fully saturated rings. The first-order chi connectivity index (χ1) is 11.0. The van der Waals surface area contributed by atoms with Crippen molar-refractivity contribution in [3.63, 3.8) is 0 Å². The second-order valence-corrected chi connectivity index (χ2v) is 5.11. The zero-order chi connectivity index (χ0) is 16.4. The lowest BCUT2D eigenvalue weighted by molar-refractivity contribution is 0.0994. The number of amides is 2. The Hall–Kier alpha value is -3.28. The quantitative estimate of drug-likeness (QED) is 0.775. The van der Waals surface area contributed by atoms with Crippen LogP contribution in [0.2, 0.25) is 0 Å². The third kappa shape index (κ3) is 3.16. The monoisotopic (exact) mass is 306 g/mol. The molecule has 23 heavy (non-hydrogen) atoms. The summed E-state index contributed by atoms with van der Waals surface area (Å²) in [6.07, 6.45) is 1.39. The van der Waals surface area contributed by atoms with Gasteiger partial charge in [-0.25, -0.2) is 4.98 Å². The second kappa shape index (κ2) is 5.84. The highest BCUT2D eigenvalue weighted by Gasteiger charge is 2.09. The predicted molar refractivity (Wildman–Crippen MR) is 87.2 cm³/mol. The van der Waals surface area contributed by atoms with Crippen LogP contribution in [0.3, 0.4) is 0 Å². The van der Waals surface area contributed by atoms with Gasteiger partial charge in [0.25, 0.3) is 11.8 Å². The first kappa shape index (κ1) is 14.6. The maximum atomic E-state index is 12.3. The van der Waals surface area contributed by atoms with E-state index in [1.807, 2.05) is 25.1 Å². The van der Waals surface area contributed by atoms with Crippen molar-refractivity contribution < 1.29 is 9.59 Å². The molecule has 2 heterocycles. The third-order valence-corrected chi connectivity index (χ3v) is 3.36. The summed E-state index contributed by atoms with van der Waals surface area (Å²) >= 11 is 0. The minimum Gasteiger partial charge on any atom is -0.364 e. The minimum absolute atomic E-state index is 0.148. The van der Waals surface area contributed by atoms with Crippen LogP contribution in [0.25, 0.3) is 10.9 Å². The Kier molecular flexibility index (Phi) is 3.72.